The van der Waals surface area contributed by atoms with Gasteiger partial charge in [-0.2, -0.15) is 0 Å². The van der Waals surface area contributed by atoms with Crippen molar-refractivity contribution in [2.24, 2.45) is 0 Å². The van der Waals surface area contributed by atoms with Crippen LogP contribution >= 0.6 is 11.6 Å². The Morgan fingerprint density at radius 3 is 3.00 bits per heavy atom. The van der Waals surface area contributed by atoms with Crippen LogP contribution in [0.5, 0.6) is 5.75 Å². The molecule has 0 saturated carbocycles. The average molecular weight is 269 g/mol. The lowest BCUT2D eigenvalue weighted by Crippen LogP contribution is -2.28. The van der Waals surface area contributed by atoms with Crippen molar-refractivity contribution in [2.45, 2.75) is 32.8 Å². The lowest BCUT2D eigenvalue weighted by molar-refractivity contribution is -0.128. The highest BCUT2D eigenvalue weighted by atomic mass is 35.5. The van der Waals surface area contributed by atoms with Crippen LogP contribution in [-0.2, 0) is 11.2 Å². The highest BCUT2D eigenvalue weighted by Crippen LogP contribution is 2.23. The molecule has 1 unspecified atom stereocenters. The maximum atomic E-state index is 11.3. The molecule has 0 spiro atoms. The van der Waals surface area contributed by atoms with Crippen molar-refractivity contribution in [1.82, 2.24) is 9.88 Å². The van der Waals surface area contributed by atoms with E-state index in [4.69, 9.17) is 16.3 Å². The molecule has 0 N–H and O–H groups in total. The number of ether oxygens (including phenoxy) is 1. The zero-order valence-electron chi connectivity index (χ0n) is 10.6. The van der Waals surface area contributed by atoms with Crippen LogP contribution in [0.4, 0.5) is 0 Å². The quantitative estimate of drug-likeness (QED) is 0.790. The number of hydrogen-bond acceptors (Lipinski definition) is 3. The number of hydrogen-bond donors (Lipinski definition) is 0. The van der Waals surface area contributed by atoms with E-state index in [-0.39, 0.29) is 12.0 Å². The minimum atomic E-state index is 0.0576. The van der Waals surface area contributed by atoms with Crippen molar-refractivity contribution in [3.05, 3.63) is 23.0 Å². The molecule has 0 bridgehead atoms. The van der Waals surface area contributed by atoms with Gasteiger partial charge in [-0.05, 0) is 18.6 Å². The van der Waals surface area contributed by atoms with Gasteiger partial charge in [-0.1, -0.05) is 18.5 Å². The third kappa shape index (κ3) is 2.93. The average Bonchev–Trinajstić information content (AvgIpc) is 2.80. The van der Waals surface area contributed by atoms with Crippen LogP contribution in [0, 0.1) is 0 Å². The van der Waals surface area contributed by atoms with Crippen molar-refractivity contribution in [3.8, 4) is 5.75 Å². The largest absolute Gasteiger partial charge is 0.487 e. The van der Waals surface area contributed by atoms with Crippen LogP contribution < -0.4 is 4.74 Å². The number of carbonyl (C=O) groups excluding carboxylic acids is 1. The summed E-state index contributed by atoms with van der Waals surface area (Å²) in [6, 6.07) is 3.58. The fraction of sp³-hybridized carbons (Fsp3) is 0.538. The molecule has 98 valence electrons. The lowest BCUT2D eigenvalue weighted by atomic mass is 10.2. The second-order valence-corrected chi connectivity index (χ2v) is 4.81. The first-order valence-electron chi connectivity index (χ1n) is 6.17. The molecule has 0 aromatic carbocycles. The van der Waals surface area contributed by atoms with E-state index in [0.717, 1.165) is 30.8 Å². The molecule has 1 saturated heterocycles. The van der Waals surface area contributed by atoms with Gasteiger partial charge in [-0.3, -0.25) is 4.79 Å². The fourth-order valence-electron chi connectivity index (χ4n) is 2.11. The molecule has 1 fully saturated rings. The Kier molecular flexibility index (Phi) is 4.07. The highest BCUT2D eigenvalue weighted by Gasteiger charge is 2.26. The molecule has 1 atom stereocenters. The molecule has 1 amide bonds. The standard InChI is InChI=1S/C13H17ClN2O2/c1-3-11-12(4-5-13(14)15-11)18-10-6-7-16(8-10)9(2)17/h4-5,10H,3,6-8H2,1-2H3. The topological polar surface area (TPSA) is 42.4 Å². The smallest absolute Gasteiger partial charge is 0.219 e. The van der Waals surface area contributed by atoms with E-state index in [1.165, 1.54) is 0 Å². The number of nitrogens with zero attached hydrogens (tertiary/aromatic N) is 2. The lowest BCUT2D eigenvalue weighted by Gasteiger charge is -2.17. The second-order valence-electron chi connectivity index (χ2n) is 4.43. The Morgan fingerprint density at radius 1 is 1.61 bits per heavy atom. The van der Waals surface area contributed by atoms with Crippen LogP contribution in [0.3, 0.4) is 0 Å². The van der Waals surface area contributed by atoms with Gasteiger partial charge in [0.1, 0.15) is 17.0 Å². The van der Waals surface area contributed by atoms with Gasteiger partial charge < -0.3 is 9.64 Å². The summed E-state index contributed by atoms with van der Waals surface area (Å²) in [4.78, 5) is 17.3. The zero-order valence-corrected chi connectivity index (χ0v) is 11.4. The normalized spacial score (nSPS) is 19.1. The van der Waals surface area contributed by atoms with Crippen LogP contribution in [0.15, 0.2) is 12.1 Å². The number of halogens is 1. The van der Waals surface area contributed by atoms with Gasteiger partial charge in [-0.25, -0.2) is 4.98 Å². The Morgan fingerprint density at radius 2 is 2.39 bits per heavy atom. The SMILES string of the molecule is CCc1nc(Cl)ccc1OC1CCN(C(C)=O)C1. The Hall–Kier alpha value is -1.29. The number of rotatable bonds is 3. The molecule has 2 heterocycles. The van der Waals surface area contributed by atoms with Crippen molar-refractivity contribution < 1.29 is 9.53 Å². The minimum Gasteiger partial charge on any atom is -0.487 e. The van der Waals surface area contributed by atoms with E-state index in [9.17, 15) is 4.79 Å². The van der Waals surface area contributed by atoms with Crippen LogP contribution in [0.2, 0.25) is 5.15 Å². The van der Waals surface area contributed by atoms with E-state index in [1.54, 1.807) is 17.9 Å². The molecule has 0 radical (unpaired) electrons. The number of amides is 1. The first-order chi connectivity index (χ1) is 8.60. The minimum absolute atomic E-state index is 0.0576. The monoisotopic (exact) mass is 268 g/mol. The number of aromatic nitrogens is 1. The number of aryl methyl sites for hydroxylation is 1. The van der Waals surface area contributed by atoms with Crippen LogP contribution in [0.1, 0.15) is 26.0 Å². The summed E-state index contributed by atoms with van der Waals surface area (Å²) < 4.78 is 5.92. The molecular weight excluding hydrogens is 252 g/mol. The second kappa shape index (κ2) is 5.57. The van der Waals surface area contributed by atoms with E-state index in [0.29, 0.717) is 11.7 Å². The number of carbonyl (C=O) groups is 1. The van der Waals surface area contributed by atoms with Gasteiger partial charge in [0.25, 0.3) is 0 Å². The van der Waals surface area contributed by atoms with Crippen molar-refractivity contribution in [2.75, 3.05) is 13.1 Å². The zero-order chi connectivity index (χ0) is 13.1. The summed E-state index contributed by atoms with van der Waals surface area (Å²) in [7, 11) is 0. The van der Waals surface area contributed by atoms with E-state index < -0.39 is 0 Å². The summed E-state index contributed by atoms with van der Waals surface area (Å²) in [6.07, 6.45) is 1.70. The molecule has 5 heteroatoms. The maximum Gasteiger partial charge on any atom is 0.219 e. The molecule has 4 nitrogen and oxygen atoms in total. The molecule has 1 aliphatic heterocycles. The van der Waals surface area contributed by atoms with Crippen LogP contribution in [0.25, 0.3) is 0 Å². The number of likely N-dealkylation sites (tertiary alicyclic amines) is 1. The molecule has 1 aromatic heterocycles. The van der Waals surface area contributed by atoms with E-state index in [1.807, 2.05) is 13.0 Å². The fourth-order valence-corrected chi connectivity index (χ4v) is 2.28. The van der Waals surface area contributed by atoms with Gasteiger partial charge in [0, 0.05) is 19.9 Å². The van der Waals surface area contributed by atoms with E-state index >= 15 is 0 Å². The maximum absolute atomic E-state index is 11.3. The predicted octanol–water partition coefficient (Wildman–Crippen LogP) is 2.30. The highest BCUT2D eigenvalue weighted by molar-refractivity contribution is 6.29. The third-order valence-electron chi connectivity index (χ3n) is 3.12. The van der Waals surface area contributed by atoms with Crippen LogP contribution in [-0.4, -0.2) is 35.0 Å². The van der Waals surface area contributed by atoms with Gasteiger partial charge in [0.05, 0.1) is 12.2 Å². The first kappa shape index (κ1) is 13.1. The first-order valence-corrected chi connectivity index (χ1v) is 6.55. The van der Waals surface area contributed by atoms with E-state index in [2.05, 4.69) is 4.98 Å². The number of pyridine rings is 1. The Balaban J connectivity index is 2.04. The summed E-state index contributed by atoms with van der Waals surface area (Å²) in [5.41, 5.74) is 0.865. The summed E-state index contributed by atoms with van der Waals surface area (Å²) >= 11 is 5.86. The van der Waals surface area contributed by atoms with Crippen molar-refractivity contribution in [3.63, 3.8) is 0 Å². The Labute approximate surface area is 112 Å². The van der Waals surface area contributed by atoms with Crippen molar-refractivity contribution in [1.29, 1.82) is 0 Å². The van der Waals surface area contributed by atoms with Gasteiger partial charge in [-0.15, -0.1) is 0 Å². The molecule has 2 rings (SSSR count). The van der Waals surface area contributed by atoms with Crippen molar-refractivity contribution >= 4 is 17.5 Å². The predicted molar refractivity (Wildman–Crippen MR) is 69.9 cm³/mol. The summed E-state index contributed by atoms with van der Waals surface area (Å²) in [6.45, 7) is 5.02. The molecule has 0 aliphatic carbocycles. The summed E-state index contributed by atoms with van der Waals surface area (Å²) in [5.74, 6) is 0.878. The summed E-state index contributed by atoms with van der Waals surface area (Å²) in [5, 5.41) is 0.482. The molecular formula is C13H17ClN2O2. The Bertz CT molecular complexity index is 451. The molecule has 1 aliphatic rings. The van der Waals surface area contributed by atoms with Gasteiger partial charge in [0.2, 0.25) is 5.91 Å². The molecule has 1 aromatic rings. The van der Waals surface area contributed by atoms with Gasteiger partial charge in [0.15, 0.2) is 0 Å². The third-order valence-corrected chi connectivity index (χ3v) is 3.33. The molecule has 18 heavy (non-hydrogen) atoms. The van der Waals surface area contributed by atoms with Gasteiger partial charge >= 0.3 is 0 Å².